The van der Waals surface area contributed by atoms with E-state index in [4.69, 9.17) is 0 Å². The van der Waals surface area contributed by atoms with Crippen LogP contribution in [0.1, 0.15) is 25.3 Å². The summed E-state index contributed by atoms with van der Waals surface area (Å²) in [6.45, 7) is 5.58. The van der Waals surface area contributed by atoms with Crippen molar-refractivity contribution in [2.75, 3.05) is 18.4 Å². The zero-order valence-electron chi connectivity index (χ0n) is 15.5. The molecule has 6 heteroatoms. The van der Waals surface area contributed by atoms with Crippen LogP contribution in [0, 0.1) is 5.92 Å². The molecule has 1 amide bonds. The highest BCUT2D eigenvalue weighted by Gasteiger charge is 2.36. The van der Waals surface area contributed by atoms with E-state index in [9.17, 15) is 4.79 Å². The highest BCUT2D eigenvalue weighted by Crippen LogP contribution is 2.28. The summed E-state index contributed by atoms with van der Waals surface area (Å²) in [5.74, 6) is 1.34. The van der Waals surface area contributed by atoms with Crippen LogP contribution < -0.4 is 5.32 Å². The summed E-state index contributed by atoms with van der Waals surface area (Å²) >= 11 is 0. The van der Waals surface area contributed by atoms with Crippen LogP contribution in [-0.2, 0) is 4.79 Å². The molecule has 0 saturated carbocycles. The Hall–Kier alpha value is -3.02. The van der Waals surface area contributed by atoms with Gasteiger partial charge in [-0.1, -0.05) is 32.0 Å². The second-order valence-corrected chi connectivity index (χ2v) is 7.33. The number of carbonyl (C=O) groups is 1. The first kappa shape index (κ1) is 17.4. The normalized spacial score (nSPS) is 15.6. The summed E-state index contributed by atoms with van der Waals surface area (Å²) in [6.07, 6.45) is 5.20. The number of rotatable bonds is 5. The van der Waals surface area contributed by atoms with Crippen molar-refractivity contribution in [2.45, 2.75) is 25.8 Å². The molecule has 1 atom stereocenters. The molecule has 1 aromatic carbocycles. The zero-order valence-corrected chi connectivity index (χ0v) is 15.5. The van der Waals surface area contributed by atoms with Crippen molar-refractivity contribution in [1.29, 1.82) is 0 Å². The Morgan fingerprint density at radius 1 is 1.15 bits per heavy atom. The minimum Gasteiger partial charge on any atom is -0.358 e. The van der Waals surface area contributed by atoms with Crippen molar-refractivity contribution in [3.63, 3.8) is 0 Å². The molecular formula is C21H23N5O. The van der Waals surface area contributed by atoms with Gasteiger partial charge in [0.25, 0.3) is 0 Å². The van der Waals surface area contributed by atoms with Crippen LogP contribution >= 0.6 is 0 Å². The Balaban J connectivity index is 1.49. The molecule has 0 bridgehead atoms. The Kier molecular flexibility index (Phi) is 4.71. The number of nitrogens with one attached hydrogen (secondary N) is 1. The first-order valence-electron chi connectivity index (χ1n) is 9.28. The molecule has 0 aliphatic carbocycles. The number of nitrogens with zero attached hydrogens (tertiary/aromatic N) is 4. The predicted molar refractivity (Wildman–Crippen MR) is 105 cm³/mol. The Bertz CT molecular complexity index is 932. The van der Waals surface area contributed by atoms with Crippen LogP contribution in [0.5, 0.6) is 0 Å². The van der Waals surface area contributed by atoms with Crippen LogP contribution in [0.2, 0.25) is 0 Å². The minimum absolute atomic E-state index is 0.118. The Morgan fingerprint density at radius 2 is 1.96 bits per heavy atom. The third kappa shape index (κ3) is 3.47. The standard InChI is InChI=1S/C21H23N5O/c1-14(2)19(25-20-17-7-3-4-8-18(17)23-13-24-20)21(27)26-11-16(12-26)15-6-5-9-22-10-15/h3-10,13-14,16,19H,11-12H2,1-2H3,(H,23,24,25). The van der Waals surface area contributed by atoms with Crippen LogP contribution in [0.15, 0.2) is 55.1 Å². The third-order valence-corrected chi connectivity index (χ3v) is 5.12. The highest BCUT2D eigenvalue weighted by atomic mass is 16.2. The molecule has 3 heterocycles. The van der Waals surface area contributed by atoms with E-state index in [1.54, 1.807) is 6.20 Å². The van der Waals surface area contributed by atoms with Gasteiger partial charge in [-0.2, -0.15) is 0 Å². The maximum atomic E-state index is 13.1. The molecule has 6 nitrogen and oxygen atoms in total. The lowest BCUT2D eigenvalue weighted by Gasteiger charge is -2.42. The van der Waals surface area contributed by atoms with Gasteiger partial charge in [0.1, 0.15) is 18.2 Å². The van der Waals surface area contributed by atoms with Gasteiger partial charge in [-0.15, -0.1) is 0 Å². The molecule has 1 unspecified atom stereocenters. The van der Waals surface area contributed by atoms with Gasteiger partial charge in [0, 0.05) is 36.8 Å². The van der Waals surface area contributed by atoms with Gasteiger partial charge in [-0.3, -0.25) is 9.78 Å². The predicted octanol–water partition coefficient (Wildman–Crippen LogP) is 3.09. The molecule has 3 aromatic rings. The van der Waals surface area contributed by atoms with Crippen LogP contribution in [0.25, 0.3) is 10.9 Å². The van der Waals surface area contributed by atoms with Crippen molar-refractivity contribution in [1.82, 2.24) is 19.9 Å². The maximum Gasteiger partial charge on any atom is 0.245 e. The maximum absolute atomic E-state index is 13.1. The van der Waals surface area contributed by atoms with Gasteiger partial charge in [-0.05, 0) is 29.7 Å². The van der Waals surface area contributed by atoms with E-state index in [1.165, 1.54) is 11.9 Å². The molecule has 1 N–H and O–H groups in total. The Morgan fingerprint density at radius 3 is 2.70 bits per heavy atom. The number of benzene rings is 1. The quantitative estimate of drug-likeness (QED) is 0.756. The average molecular weight is 361 g/mol. The van der Waals surface area contributed by atoms with Crippen LogP contribution in [-0.4, -0.2) is 44.9 Å². The van der Waals surface area contributed by atoms with E-state index in [-0.39, 0.29) is 17.9 Å². The zero-order chi connectivity index (χ0) is 18.8. The van der Waals surface area contributed by atoms with E-state index in [0.29, 0.717) is 11.7 Å². The summed E-state index contributed by atoms with van der Waals surface area (Å²) in [4.78, 5) is 27.8. The van der Waals surface area contributed by atoms with Gasteiger partial charge in [0.15, 0.2) is 0 Å². The molecule has 1 fully saturated rings. The summed E-state index contributed by atoms with van der Waals surface area (Å²) < 4.78 is 0. The second-order valence-electron chi connectivity index (χ2n) is 7.33. The van der Waals surface area contributed by atoms with Crippen molar-refractivity contribution < 1.29 is 4.79 Å². The fraction of sp³-hybridized carbons (Fsp3) is 0.333. The lowest BCUT2D eigenvalue weighted by molar-refractivity contribution is -0.137. The molecule has 27 heavy (non-hydrogen) atoms. The molecule has 2 aromatic heterocycles. The van der Waals surface area contributed by atoms with E-state index in [1.807, 2.05) is 41.4 Å². The molecule has 4 rings (SSSR count). The number of carbonyl (C=O) groups excluding carboxylic acids is 1. The fourth-order valence-corrected chi connectivity index (χ4v) is 3.46. The van der Waals surface area contributed by atoms with Gasteiger partial charge in [0.05, 0.1) is 5.52 Å². The number of para-hydroxylation sites is 1. The van der Waals surface area contributed by atoms with Gasteiger partial charge < -0.3 is 10.2 Å². The third-order valence-electron chi connectivity index (χ3n) is 5.12. The molecule has 0 spiro atoms. The number of pyridine rings is 1. The molecule has 1 saturated heterocycles. The minimum atomic E-state index is -0.321. The smallest absolute Gasteiger partial charge is 0.245 e. The van der Waals surface area contributed by atoms with E-state index in [0.717, 1.165) is 24.0 Å². The molecular weight excluding hydrogens is 338 g/mol. The largest absolute Gasteiger partial charge is 0.358 e. The van der Waals surface area contributed by atoms with Crippen LogP contribution in [0.3, 0.4) is 0 Å². The molecule has 138 valence electrons. The first-order chi connectivity index (χ1) is 13.1. The summed E-state index contributed by atoms with van der Waals surface area (Å²) in [6, 6.07) is 11.5. The van der Waals surface area contributed by atoms with E-state index in [2.05, 4.69) is 40.2 Å². The number of hydrogen-bond donors (Lipinski definition) is 1. The van der Waals surface area contributed by atoms with Gasteiger partial charge in [0.2, 0.25) is 5.91 Å². The number of fused-ring (bicyclic) bond motifs is 1. The van der Waals surface area contributed by atoms with Crippen molar-refractivity contribution in [3.8, 4) is 0 Å². The van der Waals surface area contributed by atoms with Gasteiger partial charge >= 0.3 is 0 Å². The number of aromatic nitrogens is 3. The lowest BCUT2D eigenvalue weighted by atomic mass is 9.91. The average Bonchev–Trinajstić information content (AvgIpc) is 2.65. The fourth-order valence-electron chi connectivity index (χ4n) is 3.46. The number of hydrogen-bond acceptors (Lipinski definition) is 5. The first-order valence-corrected chi connectivity index (χ1v) is 9.28. The van der Waals surface area contributed by atoms with E-state index < -0.39 is 0 Å². The SMILES string of the molecule is CC(C)C(Nc1ncnc2ccccc12)C(=O)N1CC(c2cccnc2)C1. The summed E-state index contributed by atoms with van der Waals surface area (Å²) in [5, 5.41) is 4.30. The van der Waals surface area contributed by atoms with Gasteiger partial charge in [-0.25, -0.2) is 9.97 Å². The van der Waals surface area contributed by atoms with Crippen molar-refractivity contribution >= 4 is 22.6 Å². The lowest BCUT2D eigenvalue weighted by Crippen LogP contribution is -2.55. The topological polar surface area (TPSA) is 71.0 Å². The number of anilines is 1. The second kappa shape index (κ2) is 7.31. The Labute approximate surface area is 158 Å². The molecule has 1 aliphatic heterocycles. The van der Waals surface area contributed by atoms with Crippen molar-refractivity contribution in [3.05, 3.63) is 60.7 Å². The highest BCUT2D eigenvalue weighted by molar-refractivity contribution is 5.92. The summed E-state index contributed by atoms with van der Waals surface area (Å²) in [7, 11) is 0. The monoisotopic (exact) mass is 361 g/mol. The van der Waals surface area contributed by atoms with E-state index >= 15 is 0 Å². The number of likely N-dealkylation sites (tertiary alicyclic amines) is 1. The molecule has 0 radical (unpaired) electrons. The summed E-state index contributed by atoms with van der Waals surface area (Å²) in [5.41, 5.74) is 2.06. The molecule has 1 aliphatic rings. The van der Waals surface area contributed by atoms with Crippen LogP contribution in [0.4, 0.5) is 5.82 Å². The number of amides is 1. The van der Waals surface area contributed by atoms with Crippen molar-refractivity contribution in [2.24, 2.45) is 5.92 Å².